The predicted octanol–water partition coefficient (Wildman–Crippen LogP) is 2.53. The summed E-state index contributed by atoms with van der Waals surface area (Å²) in [5.74, 6) is -0.546. The normalized spacial score (nSPS) is 13.6. The first-order valence-electron chi connectivity index (χ1n) is 6.22. The van der Waals surface area contributed by atoms with E-state index in [2.05, 4.69) is 5.32 Å². The van der Waals surface area contributed by atoms with Crippen molar-refractivity contribution in [2.45, 2.75) is 32.3 Å². The van der Waals surface area contributed by atoms with E-state index < -0.39 is 16.4 Å². The maximum atomic E-state index is 12.0. The summed E-state index contributed by atoms with van der Waals surface area (Å²) in [6.45, 7) is 3.60. The number of hydrogen-bond acceptors (Lipinski definition) is 4. The van der Waals surface area contributed by atoms with Gasteiger partial charge in [-0.25, -0.2) is 0 Å². The Kier molecular flexibility index (Phi) is 5.47. The Hall–Kier alpha value is -1.66. The van der Waals surface area contributed by atoms with Crippen molar-refractivity contribution in [2.24, 2.45) is 0 Å². The van der Waals surface area contributed by atoms with Gasteiger partial charge in [-0.3, -0.25) is 14.9 Å². The van der Waals surface area contributed by atoms with Crippen molar-refractivity contribution in [3.63, 3.8) is 0 Å². The number of rotatable bonds is 6. The zero-order valence-electron chi connectivity index (χ0n) is 11.4. The Morgan fingerprint density at radius 2 is 2.20 bits per heavy atom. The van der Waals surface area contributed by atoms with E-state index in [0.29, 0.717) is 6.42 Å². The van der Waals surface area contributed by atoms with E-state index in [1.165, 1.54) is 18.2 Å². The highest BCUT2D eigenvalue weighted by Gasteiger charge is 2.23. The lowest BCUT2D eigenvalue weighted by Crippen LogP contribution is -2.40. The van der Waals surface area contributed by atoms with E-state index in [9.17, 15) is 20.0 Å². The van der Waals surface area contributed by atoms with Gasteiger partial charge in [0.25, 0.3) is 11.6 Å². The van der Waals surface area contributed by atoms with Gasteiger partial charge >= 0.3 is 0 Å². The third-order valence-electron chi connectivity index (χ3n) is 2.84. The number of halogens is 1. The molecule has 0 heterocycles. The van der Waals surface area contributed by atoms with E-state index in [0.717, 1.165) is 6.42 Å². The second-order valence-electron chi connectivity index (χ2n) is 4.83. The number of carbonyl (C=O) groups excluding carboxylic acids is 1. The quantitative estimate of drug-likeness (QED) is 0.623. The van der Waals surface area contributed by atoms with E-state index in [1.807, 2.05) is 6.92 Å². The van der Waals surface area contributed by atoms with Crippen molar-refractivity contribution in [1.82, 2.24) is 5.32 Å². The minimum Gasteiger partial charge on any atom is -0.388 e. The van der Waals surface area contributed by atoms with E-state index in [-0.39, 0.29) is 22.8 Å². The van der Waals surface area contributed by atoms with Crippen LogP contribution in [0, 0.1) is 10.1 Å². The van der Waals surface area contributed by atoms with Crippen molar-refractivity contribution in [3.05, 3.63) is 38.9 Å². The molecule has 6 nitrogen and oxygen atoms in total. The second kappa shape index (κ2) is 6.67. The van der Waals surface area contributed by atoms with E-state index in [1.54, 1.807) is 6.92 Å². The van der Waals surface area contributed by atoms with E-state index >= 15 is 0 Å². The fourth-order valence-corrected chi connectivity index (χ4v) is 2.11. The number of aliphatic hydroxyl groups is 1. The van der Waals surface area contributed by atoms with Crippen molar-refractivity contribution >= 4 is 23.2 Å². The van der Waals surface area contributed by atoms with Gasteiger partial charge in [0, 0.05) is 12.6 Å². The first kappa shape index (κ1) is 16.4. The van der Waals surface area contributed by atoms with Crippen LogP contribution in [0.4, 0.5) is 5.69 Å². The molecule has 1 aromatic rings. The molecule has 1 rings (SSSR count). The molecule has 0 saturated carbocycles. The molecule has 1 aromatic carbocycles. The Labute approximate surface area is 121 Å². The first-order valence-corrected chi connectivity index (χ1v) is 6.60. The van der Waals surface area contributed by atoms with Crippen LogP contribution in [0.25, 0.3) is 0 Å². The van der Waals surface area contributed by atoms with Crippen LogP contribution in [0.1, 0.15) is 37.0 Å². The molecule has 0 fully saturated rings. The average molecular weight is 301 g/mol. The van der Waals surface area contributed by atoms with Crippen LogP contribution in [0.5, 0.6) is 0 Å². The highest BCUT2D eigenvalue weighted by atomic mass is 35.5. The Morgan fingerprint density at radius 3 is 2.75 bits per heavy atom. The van der Waals surface area contributed by atoms with Gasteiger partial charge in [-0.15, -0.1) is 0 Å². The van der Waals surface area contributed by atoms with Crippen molar-refractivity contribution in [1.29, 1.82) is 0 Å². The molecule has 0 spiro atoms. The molecule has 2 N–H and O–H groups in total. The number of hydrogen-bond donors (Lipinski definition) is 2. The molecule has 1 atom stereocenters. The van der Waals surface area contributed by atoms with Gasteiger partial charge in [0.2, 0.25) is 0 Å². The number of nitrogens with zero attached hydrogens (tertiary/aromatic N) is 1. The number of carbonyl (C=O) groups is 1. The SMILES string of the molecule is CCCC(C)(O)CNC(=O)c1cccc([N+](=O)[O-])c1Cl. The number of nitro groups is 1. The number of benzene rings is 1. The smallest absolute Gasteiger partial charge is 0.288 e. The minimum atomic E-state index is -1.02. The van der Waals surface area contributed by atoms with Crippen LogP contribution in [0.3, 0.4) is 0 Å². The molecule has 0 bridgehead atoms. The third kappa shape index (κ3) is 4.18. The Morgan fingerprint density at radius 1 is 1.55 bits per heavy atom. The van der Waals surface area contributed by atoms with Crippen LogP contribution >= 0.6 is 11.6 Å². The monoisotopic (exact) mass is 300 g/mol. The molecule has 0 saturated heterocycles. The molecule has 7 heteroatoms. The maximum absolute atomic E-state index is 12.0. The van der Waals surface area contributed by atoms with Crippen molar-refractivity contribution in [3.8, 4) is 0 Å². The summed E-state index contributed by atoms with van der Waals surface area (Å²) in [6, 6.07) is 4.02. The van der Waals surface area contributed by atoms with Crippen molar-refractivity contribution in [2.75, 3.05) is 6.54 Å². The van der Waals surface area contributed by atoms with Crippen LogP contribution in [0.2, 0.25) is 5.02 Å². The van der Waals surface area contributed by atoms with Crippen LogP contribution in [-0.4, -0.2) is 28.1 Å². The maximum Gasteiger partial charge on any atom is 0.288 e. The molecule has 0 aliphatic heterocycles. The van der Waals surface area contributed by atoms with Gasteiger partial charge in [-0.1, -0.05) is 31.0 Å². The fraction of sp³-hybridized carbons (Fsp3) is 0.462. The fourth-order valence-electron chi connectivity index (χ4n) is 1.83. The largest absolute Gasteiger partial charge is 0.388 e. The number of amides is 1. The molecular formula is C13H17ClN2O4. The predicted molar refractivity (Wildman–Crippen MR) is 76.0 cm³/mol. The standard InChI is InChI=1S/C13H17ClN2O4/c1-3-7-13(2,18)8-15-12(17)9-5-4-6-10(11(9)14)16(19)20/h4-6,18H,3,7-8H2,1-2H3,(H,15,17). The van der Waals surface area contributed by atoms with Gasteiger partial charge in [0.1, 0.15) is 5.02 Å². The van der Waals surface area contributed by atoms with Gasteiger partial charge in [-0.2, -0.15) is 0 Å². The Balaban J connectivity index is 2.84. The molecule has 110 valence electrons. The lowest BCUT2D eigenvalue weighted by atomic mass is 10.0. The van der Waals surface area contributed by atoms with Gasteiger partial charge in [-0.05, 0) is 19.4 Å². The minimum absolute atomic E-state index is 0.0214. The molecular weight excluding hydrogens is 284 g/mol. The van der Waals surface area contributed by atoms with E-state index in [4.69, 9.17) is 11.6 Å². The van der Waals surface area contributed by atoms with Gasteiger partial charge in [0.05, 0.1) is 16.1 Å². The molecule has 0 aromatic heterocycles. The summed E-state index contributed by atoms with van der Waals surface area (Å²) >= 11 is 5.84. The molecule has 1 unspecified atom stereocenters. The molecule has 20 heavy (non-hydrogen) atoms. The van der Waals surface area contributed by atoms with Crippen LogP contribution < -0.4 is 5.32 Å². The average Bonchev–Trinajstić information content (AvgIpc) is 2.36. The van der Waals surface area contributed by atoms with Crippen LogP contribution in [-0.2, 0) is 0 Å². The summed E-state index contributed by atoms with van der Waals surface area (Å²) in [7, 11) is 0. The van der Waals surface area contributed by atoms with Crippen LogP contribution in [0.15, 0.2) is 18.2 Å². The summed E-state index contributed by atoms with van der Waals surface area (Å²) in [5, 5.41) is 23.0. The summed E-state index contributed by atoms with van der Waals surface area (Å²) in [5.41, 5.74) is -1.31. The summed E-state index contributed by atoms with van der Waals surface area (Å²) in [6.07, 6.45) is 1.32. The first-order chi connectivity index (χ1) is 9.28. The summed E-state index contributed by atoms with van der Waals surface area (Å²) in [4.78, 5) is 22.1. The molecule has 0 radical (unpaired) electrons. The van der Waals surface area contributed by atoms with Gasteiger partial charge < -0.3 is 10.4 Å². The highest BCUT2D eigenvalue weighted by Crippen LogP contribution is 2.27. The number of nitrogens with one attached hydrogen (secondary N) is 1. The molecule has 0 aliphatic rings. The molecule has 0 aliphatic carbocycles. The topological polar surface area (TPSA) is 92.5 Å². The number of nitro benzene ring substituents is 1. The second-order valence-corrected chi connectivity index (χ2v) is 5.20. The third-order valence-corrected chi connectivity index (χ3v) is 3.24. The zero-order chi connectivity index (χ0) is 15.3. The zero-order valence-corrected chi connectivity index (χ0v) is 12.1. The molecule has 1 amide bonds. The lowest BCUT2D eigenvalue weighted by Gasteiger charge is -2.23. The van der Waals surface area contributed by atoms with Crippen molar-refractivity contribution < 1.29 is 14.8 Å². The summed E-state index contributed by atoms with van der Waals surface area (Å²) < 4.78 is 0. The van der Waals surface area contributed by atoms with Gasteiger partial charge in [0.15, 0.2) is 0 Å². The Bertz CT molecular complexity index is 517. The highest BCUT2D eigenvalue weighted by molar-refractivity contribution is 6.35. The lowest BCUT2D eigenvalue weighted by molar-refractivity contribution is -0.384.